The topological polar surface area (TPSA) is 70.9 Å². The molecule has 13 heteroatoms. The molecule has 37 heavy (non-hydrogen) atoms. The van der Waals surface area contributed by atoms with E-state index in [-0.39, 0.29) is 36.1 Å². The van der Waals surface area contributed by atoms with Gasteiger partial charge < -0.3 is 15.3 Å². The molecule has 0 saturated carbocycles. The minimum atomic E-state index is -5.20. The molecule has 1 amide bonds. The quantitative estimate of drug-likeness (QED) is 0.349. The Labute approximate surface area is 215 Å². The first-order chi connectivity index (χ1) is 17.3. The van der Waals surface area contributed by atoms with Gasteiger partial charge in [0.05, 0.1) is 27.9 Å². The second-order valence-corrected chi connectivity index (χ2v) is 8.92. The summed E-state index contributed by atoms with van der Waals surface area (Å²) in [6.45, 7) is -0.298. The van der Waals surface area contributed by atoms with E-state index in [1.165, 1.54) is 12.1 Å². The maximum absolute atomic E-state index is 14.4. The van der Waals surface area contributed by atoms with Gasteiger partial charge in [-0.15, -0.1) is 0 Å². The second-order valence-electron chi connectivity index (χ2n) is 8.13. The summed E-state index contributed by atoms with van der Waals surface area (Å²) in [4.78, 5) is 17.4. The number of benzene rings is 3. The van der Waals surface area contributed by atoms with Gasteiger partial charge in [-0.1, -0.05) is 58.7 Å². The number of aliphatic hydroxyl groups is 1. The van der Waals surface area contributed by atoms with Crippen molar-refractivity contribution >= 4 is 45.6 Å². The Morgan fingerprint density at radius 2 is 1.73 bits per heavy atom. The van der Waals surface area contributed by atoms with Crippen LogP contribution in [-0.4, -0.2) is 36.1 Å². The van der Waals surface area contributed by atoms with Crippen LogP contribution in [0.15, 0.2) is 53.7 Å². The summed E-state index contributed by atoms with van der Waals surface area (Å²) in [6.07, 6.45) is -11.2. The molecule has 1 aliphatic heterocycles. The number of aliphatic hydroxyl groups excluding tert-OH is 1. The largest absolute Gasteiger partial charge is 0.435 e. The molecule has 4 rings (SSSR count). The average Bonchev–Trinajstić information content (AvgIpc) is 3.29. The lowest BCUT2D eigenvalue weighted by atomic mass is 9.84. The Morgan fingerprint density at radius 3 is 2.35 bits per heavy atom. The maximum Gasteiger partial charge on any atom is 0.435 e. The fourth-order valence-corrected chi connectivity index (χ4v) is 4.53. The molecule has 0 aromatic heterocycles. The molecule has 0 aliphatic carbocycles. The molecule has 1 atom stereocenters. The summed E-state index contributed by atoms with van der Waals surface area (Å²) in [5.41, 5.74) is -5.53. The Balaban J connectivity index is 1.81. The van der Waals surface area contributed by atoms with Gasteiger partial charge in [0.25, 0.3) is 11.5 Å². The maximum atomic E-state index is 14.4. The monoisotopic (exact) mass is 564 g/mol. The van der Waals surface area contributed by atoms with Gasteiger partial charge in [-0.25, -0.2) is 0 Å². The molecular formula is C24H16Cl2F6N2O3. The normalized spacial score (nSPS) is 18.0. The van der Waals surface area contributed by atoms with E-state index in [9.17, 15) is 31.1 Å². The molecule has 3 aromatic carbocycles. The van der Waals surface area contributed by atoms with Gasteiger partial charge in [0.1, 0.15) is 0 Å². The number of alkyl halides is 6. The summed E-state index contributed by atoms with van der Waals surface area (Å²) in [6, 6.07) is 10.0. The van der Waals surface area contributed by atoms with Crippen molar-refractivity contribution in [1.82, 2.24) is 5.32 Å². The highest BCUT2D eigenvalue weighted by molar-refractivity contribution is 6.42. The molecule has 3 aromatic rings. The van der Waals surface area contributed by atoms with E-state index in [2.05, 4.69) is 10.5 Å². The fourth-order valence-electron chi connectivity index (χ4n) is 4.09. The molecule has 5 nitrogen and oxygen atoms in total. The zero-order chi connectivity index (χ0) is 27.2. The van der Waals surface area contributed by atoms with Crippen molar-refractivity contribution in [2.24, 2.45) is 5.16 Å². The summed E-state index contributed by atoms with van der Waals surface area (Å²) in [7, 11) is 0. The molecule has 1 unspecified atom stereocenters. The predicted octanol–water partition coefficient (Wildman–Crippen LogP) is 6.47. The van der Waals surface area contributed by atoms with Gasteiger partial charge in [-0.2, -0.15) is 26.3 Å². The molecule has 0 bridgehead atoms. The third-order valence-corrected chi connectivity index (χ3v) is 6.66. The van der Waals surface area contributed by atoms with Crippen molar-refractivity contribution in [3.63, 3.8) is 0 Å². The SMILES string of the molecule is O=C(NCCO)c1ccc(C2=NOC(c3cc(Cl)c(Cl)c(C(F)(F)F)c3)(C(F)(F)F)C2)c2ccccc12. The summed E-state index contributed by atoms with van der Waals surface area (Å²) in [5, 5.41) is 14.2. The molecule has 0 spiro atoms. The fraction of sp³-hybridized carbons (Fsp3) is 0.250. The van der Waals surface area contributed by atoms with Crippen LogP contribution in [0.4, 0.5) is 26.3 Å². The van der Waals surface area contributed by atoms with Crippen molar-refractivity contribution in [3.05, 3.63) is 80.8 Å². The van der Waals surface area contributed by atoms with E-state index < -0.39 is 51.5 Å². The smallest absolute Gasteiger partial charge is 0.395 e. The highest BCUT2D eigenvalue weighted by Gasteiger charge is 2.63. The van der Waals surface area contributed by atoms with Crippen molar-refractivity contribution in [2.75, 3.05) is 13.2 Å². The van der Waals surface area contributed by atoms with Gasteiger partial charge in [0.15, 0.2) is 0 Å². The molecular weight excluding hydrogens is 549 g/mol. The van der Waals surface area contributed by atoms with Crippen LogP contribution in [0.3, 0.4) is 0 Å². The summed E-state index contributed by atoms with van der Waals surface area (Å²) < 4.78 is 83.7. The summed E-state index contributed by atoms with van der Waals surface area (Å²) in [5.74, 6) is -0.512. The number of nitrogens with zero attached hydrogens (tertiary/aromatic N) is 1. The molecule has 0 radical (unpaired) electrons. The number of hydrogen-bond acceptors (Lipinski definition) is 4. The van der Waals surface area contributed by atoms with Crippen LogP contribution in [0.25, 0.3) is 10.8 Å². The van der Waals surface area contributed by atoms with Crippen LogP contribution < -0.4 is 5.32 Å². The zero-order valence-electron chi connectivity index (χ0n) is 18.5. The number of amides is 1. The number of nitrogens with one attached hydrogen (secondary N) is 1. The Bertz CT molecular complexity index is 1410. The van der Waals surface area contributed by atoms with Gasteiger partial charge in [0, 0.05) is 29.7 Å². The number of halogens is 8. The lowest BCUT2D eigenvalue weighted by Gasteiger charge is -2.30. The van der Waals surface area contributed by atoms with E-state index in [0.717, 1.165) is 0 Å². The van der Waals surface area contributed by atoms with Crippen LogP contribution in [0.1, 0.15) is 33.5 Å². The van der Waals surface area contributed by atoms with Gasteiger partial charge in [-0.05, 0) is 29.0 Å². The first-order valence-corrected chi connectivity index (χ1v) is 11.4. The Morgan fingerprint density at radius 1 is 1.05 bits per heavy atom. The van der Waals surface area contributed by atoms with Crippen molar-refractivity contribution in [1.29, 1.82) is 0 Å². The van der Waals surface area contributed by atoms with Gasteiger partial charge >= 0.3 is 12.4 Å². The van der Waals surface area contributed by atoms with E-state index in [4.69, 9.17) is 33.1 Å². The van der Waals surface area contributed by atoms with Gasteiger partial charge in [0.2, 0.25) is 0 Å². The van der Waals surface area contributed by atoms with Crippen LogP contribution in [0.5, 0.6) is 0 Å². The van der Waals surface area contributed by atoms with E-state index in [1.54, 1.807) is 24.3 Å². The predicted molar refractivity (Wildman–Crippen MR) is 125 cm³/mol. The highest BCUT2D eigenvalue weighted by Crippen LogP contribution is 2.51. The first kappa shape index (κ1) is 27.0. The lowest BCUT2D eigenvalue weighted by molar-refractivity contribution is -0.276. The van der Waals surface area contributed by atoms with Crippen LogP contribution in [0, 0.1) is 0 Å². The van der Waals surface area contributed by atoms with Crippen LogP contribution in [-0.2, 0) is 16.6 Å². The van der Waals surface area contributed by atoms with Crippen molar-refractivity contribution in [3.8, 4) is 0 Å². The van der Waals surface area contributed by atoms with E-state index in [0.29, 0.717) is 16.8 Å². The molecule has 196 valence electrons. The average molecular weight is 565 g/mol. The number of rotatable bonds is 5. The highest BCUT2D eigenvalue weighted by atomic mass is 35.5. The molecule has 1 aliphatic rings. The summed E-state index contributed by atoms with van der Waals surface area (Å²) >= 11 is 11.4. The third kappa shape index (κ3) is 4.83. The molecule has 2 N–H and O–H groups in total. The second kappa shape index (κ2) is 9.70. The van der Waals surface area contributed by atoms with Crippen LogP contribution >= 0.6 is 23.2 Å². The van der Waals surface area contributed by atoms with Crippen molar-refractivity contribution in [2.45, 2.75) is 24.4 Å². The third-order valence-electron chi connectivity index (χ3n) is 5.86. The Hall–Kier alpha value is -3.02. The zero-order valence-corrected chi connectivity index (χ0v) is 20.0. The Kier molecular flexibility index (Phi) is 7.08. The number of oxime groups is 1. The number of carbonyl (C=O) groups excluding carboxylic acids is 1. The van der Waals surface area contributed by atoms with Gasteiger partial charge in [-0.3, -0.25) is 4.79 Å². The molecule has 0 fully saturated rings. The van der Waals surface area contributed by atoms with Crippen molar-refractivity contribution < 1.29 is 41.1 Å². The molecule has 0 saturated heterocycles. The number of hydrogen-bond donors (Lipinski definition) is 2. The van der Waals surface area contributed by atoms with Crippen LogP contribution in [0.2, 0.25) is 10.0 Å². The standard InChI is InChI=1S/C24H16Cl2F6N2O3/c25-18-10-12(9-17(20(18)26)23(27,28)29)22(24(30,31)32)11-19(34-37-22)15-5-6-16(21(36)33-7-8-35)14-4-2-1-3-13(14)15/h1-6,9-10,35H,7-8,11H2,(H,33,36). The van der Waals surface area contributed by atoms with E-state index >= 15 is 0 Å². The molecule has 1 heterocycles. The first-order valence-electron chi connectivity index (χ1n) is 10.6. The van der Waals surface area contributed by atoms with E-state index in [1.807, 2.05) is 0 Å². The lowest BCUT2D eigenvalue weighted by Crippen LogP contribution is -2.43. The number of fused-ring (bicyclic) bond motifs is 1. The number of carbonyl (C=O) groups is 1. The minimum Gasteiger partial charge on any atom is -0.395 e. The minimum absolute atomic E-state index is 0.00682.